The molecule has 4 unspecified atom stereocenters. The van der Waals surface area contributed by atoms with Crippen LogP contribution in [-0.2, 0) is 0 Å². The fourth-order valence-corrected chi connectivity index (χ4v) is 5.26. The third kappa shape index (κ3) is 3.04. The lowest BCUT2D eigenvalue weighted by molar-refractivity contribution is 0.280. The molecule has 0 radical (unpaired) electrons. The van der Waals surface area contributed by atoms with E-state index >= 15 is 0 Å². The second-order valence-electron chi connectivity index (χ2n) is 7.59. The third-order valence-corrected chi connectivity index (χ3v) is 5.96. The molecule has 2 aliphatic rings. The Morgan fingerprint density at radius 1 is 1.10 bits per heavy atom. The summed E-state index contributed by atoms with van der Waals surface area (Å²) in [5, 5.41) is 3.79. The Bertz CT molecular complexity index is 482. The Morgan fingerprint density at radius 2 is 1.81 bits per heavy atom. The predicted molar refractivity (Wildman–Crippen MR) is 90.6 cm³/mol. The quantitative estimate of drug-likeness (QED) is 0.794. The summed E-state index contributed by atoms with van der Waals surface area (Å²) in [5.74, 6) is 3.05. The van der Waals surface area contributed by atoms with Crippen molar-refractivity contribution in [3.05, 3.63) is 34.4 Å². The molecule has 0 amide bonds. The molecular weight excluding hydrogens is 254 g/mol. The van der Waals surface area contributed by atoms with E-state index in [-0.39, 0.29) is 0 Å². The zero-order valence-electron chi connectivity index (χ0n) is 14.2. The number of aryl methyl sites for hydroxylation is 3. The van der Waals surface area contributed by atoms with Crippen LogP contribution in [0.3, 0.4) is 0 Å². The molecule has 0 spiro atoms. The molecule has 4 atom stereocenters. The normalized spacial score (nSPS) is 29.0. The largest absolute Gasteiger partial charge is 0.310 e. The highest BCUT2D eigenvalue weighted by Crippen LogP contribution is 2.51. The van der Waals surface area contributed by atoms with E-state index in [0.717, 1.165) is 24.3 Å². The van der Waals surface area contributed by atoms with E-state index in [1.807, 2.05) is 0 Å². The van der Waals surface area contributed by atoms with E-state index in [2.05, 4.69) is 45.1 Å². The van der Waals surface area contributed by atoms with E-state index in [0.29, 0.717) is 6.04 Å². The van der Waals surface area contributed by atoms with Crippen molar-refractivity contribution in [1.82, 2.24) is 5.32 Å². The van der Waals surface area contributed by atoms with Crippen molar-refractivity contribution in [3.63, 3.8) is 0 Å². The second-order valence-corrected chi connectivity index (χ2v) is 7.59. The first kappa shape index (κ1) is 15.1. The standard InChI is InChI=1S/C20H31N/c1-5-21-19(12-18-11-16-6-7-17(18)10-16)20-14(3)8-13(2)9-15(20)4/h8-9,16-19,21H,5-7,10-12H2,1-4H3. The third-order valence-electron chi connectivity index (χ3n) is 5.96. The van der Waals surface area contributed by atoms with Crippen LogP contribution in [-0.4, -0.2) is 6.54 Å². The van der Waals surface area contributed by atoms with Gasteiger partial charge in [0, 0.05) is 6.04 Å². The number of hydrogen-bond acceptors (Lipinski definition) is 1. The molecule has 1 N–H and O–H groups in total. The number of benzene rings is 1. The Balaban J connectivity index is 1.81. The van der Waals surface area contributed by atoms with Crippen molar-refractivity contribution >= 4 is 0 Å². The minimum Gasteiger partial charge on any atom is -0.310 e. The van der Waals surface area contributed by atoms with Gasteiger partial charge in [-0.1, -0.05) is 31.0 Å². The van der Waals surface area contributed by atoms with Crippen LogP contribution in [0.25, 0.3) is 0 Å². The molecule has 2 fully saturated rings. The van der Waals surface area contributed by atoms with Gasteiger partial charge in [0.05, 0.1) is 0 Å². The molecule has 0 aromatic heterocycles. The van der Waals surface area contributed by atoms with Crippen molar-refractivity contribution in [2.45, 2.75) is 65.8 Å². The summed E-state index contributed by atoms with van der Waals surface area (Å²) in [6.45, 7) is 10.1. The average molecular weight is 285 g/mol. The molecule has 2 aliphatic carbocycles. The highest BCUT2D eigenvalue weighted by Gasteiger charge is 2.40. The van der Waals surface area contributed by atoms with Crippen LogP contribution < -0.4 is 5.32 Å². The van der Waals surface area contributed by atoms with E-state index in [9.17, 15) is 0 Å². The van der Waals surface area contributed by atoms with Crippen molar-refractivity contribution in [2.24, 2.45) is 17.8 Å². The Morgan fingerprint density at radius 3 is 2.33 bits per heavy atom. The van der Waals surface area contributed by atoms with E-state index in [4.69, 9.17) is 0 Å². The summed E-state index contributed by atoms with van der Waals surface area (Å²) in [6, 6.07) is 5.26. The first-order valence-corrected chi connectivity index (χ1v) is 8.89. The molecule has 2 bridgehead atoms. The van der Waals surface area contributed by atoms with Crippen molar-refractivity contribution < 1.29 is 0 Å². The van der Waals surface area contributed by atoms with Crippen LogP contribution in [0, 0.1) is 38.5 Å². The summed E-state index contributed by atoms with van der Waals surface area (Å²) >= 11 is 0. The molecule has 2 saturated carbocycles. The van der Waals surface area contributed by atoms with Gasteiger partial charge >= 0.3 is 0 Å². The summed E-state index contributed by atoms with van der Waals surface area (Å²) < 4.78 is 0. The van der Waals surface area contributed by atoms with Gasteiger partial charge in [0.15, 0.2) is 0 Å². The minimum absolute atomic E-state index is 0.556. The van der Waals surface area contributed by atoms with Gasteiger partial charge in [-0.2, -0.15) is 0 Å². The highest BCUT2D eigenvalue weighted by molar-refractivity contribution is 5.39. The van der Waals surface area contributed by atoms with Crippen LogP contribution in [0.1, 0.15) is 67.3 Å². The number of rotatable bonds is 5. The molecule has 1 nitrogen and oxygen atoms in total. The smallest absolute Gasteiger partial charge is 0.0328 e. The SMILES string of the molecule is CCNC(CC1CC2CCC1C2)c1c(C)cc(C)cc1C. The summed E-state index contributed by atoms with van der Waals surface area (Å²) in [5.41, 5.74) is 5.91. The molecular formula is C20H31N. The van der Waals surface area contributed by atoms with Crippen molar-refractivity contribution in [3.8, 4) is 0 Å². The Hall–Kier alpha value is -0.820. The molecule has 1 heteroatoms. The lowest BCUT2D eigenvalue weighted by Gasteiger charge is -2.29. The van der Waals surface area contributed by atoms with Gasteiger partial charge in [-0.3, -0.25) is 0 Å². The molecule has 1 aromatic carbocycles. The molecule has 0 aliphatic heterocycles. The molecule has 3 rings (SSSR count). The van der Waals surface area contributed by atoms with Crippen molar-refractivity contribution in [1.29, 1.82) is 0 Å². The lowest BCUT2D eigenvalue weighted by atomic mass is 9.81. The van der Waals surface area contributed by atoms with Gasteiger partial charge in [0.25, 0.3) is 0 Å². The van der Waals surface area contributed by atoms with Crippen LogP contribution in [0.2, 0.25) is 0 Å². The molecule has 0 heterocycles. The first-order valence-electron chi connectivity index (χ1n) is 8.89. The maximum atomic E-state index is 3.79. The van der Waals surface area contributed by atoms with Crippen LogP contribution >= 0.6 is 0 Å². The Labute approximate surface area is 130 Å². The number of hydrogen-bond donors (Lipinski definition) is 1. The first-order chi connectivity index (χ1) is 10.1. The predicted octanol–water partition coefficient (Wildman–Crippen LogP) is 5.09. The maximum absolute atomic E-state index is 3.79. The number of nitrogens with one attached hydrogen (secondary N) is 1. The minimum atomic E-state index is 0.556. The van der Waals surface area contributed by atoms with Gasteiger partial charge in [-0.25, -0.2) is 0 Å². The fourth-order valence-electron chi connectivity index (χ4n) is 5.26. The van der Waals surface area contributed by atoms with Crippen LogP contribution in [0.15, 0.2) is 12.1 Å². The molecule has 0 saturated heterocycles. The second kappa shape index (κ2) is 6.12. The number of fused-ring (bicyclic) bond motifs is 2. The van der Waals surface area contributed by atoms with Gasteiger partial charge in [0.2, 0.25) is 0 Å². The monoisotopic (exact) mass is 285 g/mol. The fraction of sp³-hybridized carbons (Fsp3) is 0.700. The van der Waals surface area contributed by atoms with Crippen molar-refractivity contribution in [2.75, 3.05) is 6.54 Å². The molecule has 1 aromatic rings. The van der Waals surface area contributed by atoms with Gasteiger partial charge < -0.3 is 5.32 Å². The van der Waals surface area contributed by atoms with Crippen LogP contribution in [0.4, 0.5) is 0 Å². The lowest BCUT2D eigenvalue weighted by Crippen LogP contribution is -2.26. The topological polar surface area (TPSA) is 12.0 Å². The maximum Gasteiger partial charge on any atom is 0.0328 e. The zero-order valence-corrected chi connectivity index (χ0v) is 14.2. The summed E-state index contributed by atoms with van der Waals surface area (Å²) in [4.78, 5) is 0. The van der Waals surface area contributed by atoms with E-state index < -0.39 is 0 Å². The van der Waals surface area contributed by atoms with E-state index in [1.54, 1.807) is 5.56 Å². The summed E-state index contributed by atoms with van der Waals surface area (Å²) in [6.07, 6.45) is 7.38. The molecule has 21 heavy (non-hydrogen) atoms. The van der Waals surface area contributed by atoms with Gasteiger partial charge in [-0.15, -0.1) is 0 Å². The summed E-state index contributed by atoms with van der Waals surface area (Å²) in [7, 11) is 0. The Kier molecular flexibility index (Phi) is 4.40. The molecule has 116 valence electrons. The zero-order chi connectivity index (χ0) is 15.0. The average Bonchev–Trinajstić information content (AvgIpc) is 2.99. The highest BCUT2D eigenvalue weighted by atomic mass is 14.9. The van der Waals surface area contributed by atoms with E-state index in [1.165, 1.54) is 48.8 Å². The van der Waals surface area contributed by atoms with Crippen LogP contribution in [0.5, 0.6) is 0 Å². The van der Waals surface area contributed by atoms with Gasteiger partial charge in [0.1, 0.15) is 0 Å². The van der Waals surface area contributed by atoms with Gasteiger partial charge in [-0.05, 0) is 87.4 Å².